The Kier molecular flexibility index (Phi) is 4.25. The number of hydrogen-bond donors (Lipinski definition) is 1. The minimum Gasteiger partial charge on any atom is -1.00 e. The van der Waals surface area contributed by atoms with Crippen molar-refractivity contribution in [2.75, 3.05) is 7.11 Å². The number of nitrogens with zero attached hydrogens (tertiary/aromatic N) is 1. The fraction of sp³-hybridized carbons (Fsp3) is 0.143. The first-order valence-corrected chi connectivity index (χ1v) is 6.74. The topological polar surface area (TPSA) is 55.3 Å². The third kappa shape index (κ3) is 2.25. The summed E-state index contributed by atoms with van der Waals surface area (Å²) < 4.78 is 6.75. The van der Waals surface area contributed by atoms with Gasteiger partial charge in [0.15, 0.2) is 10.6 Å². The van der Waals surface area contributed by atoms with Gasteiger partial charge in [0, 0.05) is 5.56 Å². The van der Waals surface area contributed by atoms with Crippen LogP contribution in [0.5, 0.6) is 0 Å². The molecule has 2 aromatic rings. The van der Waals surface area contributed by atoms with Crippen molar-refractivity contribution < 1.29 is 31.1 Å². The molecular weight excluding hydrogens is 340 g/mol. The molecule has 0 saturated heterocycles. The van der Waals surface area contributed by atoms with E-state index in [1.807, 2.05) is 40.3 Å². The molecule has 4 nitrogen and oxygen atoms in total. The number of amidine groups is 1. The number of thiophene rings is 1. The van der Waals surface area contributed by atoms with Gasteiger partial charge in [-0.25, -0.2) is 9.37 Å². The molecule has 0 bridgehead atoms. The van der Waals surface area contributed by atoms with E-state index < -0.39 is 0 Å². The first-order valence-electron chi connectivity index (χ1n) is 5.86. The lowest BCUT2D eigenvalue weighted by molar-refractivity contribution is -0.453. The van der Waals surface area contributed by atoms with Crippen LogP contribution in [0, 0.1) is 0 Å². The third-order valence-corrected chi connectivity index (χ3v) is 4.10. The van der Waals surface area contributed by atoms with Crippen molar-refractivity contribution in [1.82, 2.24) is 0 Å². The number of esters is 1. The highest BCUT2D eigenvalue weighted by atomic mass is 79.9. The first-order chi connectivity index (χ1) is 9.22. The maximum absolute atomic E-state index is 11.7. The summed E-state index contributed by atoms with van der Waals surface area (Å²) in [5, 5.41) is 1.87. The molecule has 2 heterocycles. The second-order valence-corrected chi connectivity index (χ2v) is 5.17. The number of fused-ring (bicyclic) bond motifs is 1. The van der Waals surface area contributed by atoms with Crippen LogP contribution < -0.4 is 22.7 Å². The lowest BCUT2D eigenvalue weighted by Crippen LogP contribution is -3.00. The minimum atomic E-state index is -0.325. The number of nitrogens with two attached hydrogens (primary N) is 1. The molecule has 0 aliphatic carbocycles. The van der Waals surface area contributed by atoms with E-state index in [4.69, 9.17) is 10.5 Å². The highest BCUT2D eigenvalue weighted by Gasteiger charge is 2.29. The molecule has 3 rings (SSSR count). The molecule has 20 heavy (non-hydrogen) atoms. The number of rotatable bonds is 2. The maximum atomic E-state index is 11.7. The standard InChI is InChI=1S/C14H12N2O2S.BrH/c1-18-14(17)12-11(6-7-19-12)16-8-9-4-2-3-5-10(9)13(16)15;/h2-7,15H,8H2,1H3;1H. The van der Waals surface area contributed by atoms with Crippen LogP contribution in [0.1, 0.15) is 20.8 Å². The number of halogens is 1. The molecule has 0 atom stereocenters. The normalized spacial score (nSPS) is 12.8. The largest absolute Gasteiger partial charge is 1.00 e. The van der Waals surface area contributed by atoms with Crippen LogP contribution in [-0.2, 0) is 11.3 Å². The quantitative estimate of drug-likeness (QED) is 0.563. The van der Waals surface area contributed by atoms with E-state index in [2.05, 4.69) is 0 Å². The van der Waals surface area contributed by atoms with E-state index in [1.54, 1.807) is 0 Å². The van der Waals surface area contributed by atoms with Gasteiger partial charge in [-0.2, -0.15) is 0 Å². The van der Waals surface area contributed by atoms with Gasteiger partial charge in [0.05, 0.1) is 12.7 Å². The molecule has 0 saturated carbocycles. The van der Waals surface area contributed by atoms with Gasteiger partial charge < -0.3 is 21.7 Å². The Balaban J connectivity index is 0.00000147. The van der Waals surface area contributed by atoms with E-state index in [1.165, 1.54) is 24.0 Å². The van der Waals surface area contributed by atoms with Crippen LogP contribution >= 0.6 is 11.3 Å². The number of methoxy groups -OCH3 is 1. The number of ether oxygens (including phenoxy) is 1. The van der Waals surface area contributed by atoms with Gasteiger partial charge >= 0.3 is 5.97 Å². The van der Waals surface area contributed by atoms with E-state index >= 15 is 0 Å². The molecule has 2 N–H and O–H groups in total. The van der Waals surface area contributed by atoms with Gasteiger partial charge in [-0.1, -0.05) is 18.2 Å². The molecule has 1 aromatic heterocycles. The van der Waals surface area contributed by atoms with Crippen LogP contribution in [-0.4, -0.2) is 23.5 Å². The number of carbonyl (C=O) groups is 1. The SMILES string of the molecule is COC(=O)c1sccc1[N+]1=C(N)c2ccccc2C1.[Br-]. The van der Waals surface area contributed by atoms with Crippen LogP contribution in [0.3, 0.4) is 0 Å². The molecule has 1 aliphatic rings. The Morgan fingerprint density at radius 3 is 2.80 bits per heavy atom. The van der Waals surface area contributed by atoms with Crippen LogP contribution in [0.2, 0.25) is 0 Å². The summed E-state index contributed by atoms with van der Waals surface area (Å²) in [4.78, 5) is 12.3. The van der Waals surface area contributed by atoms with Gasteiger partial charge in [-0.15, -0.1) is 11.3 Å². The van der Waals surface area contributed by atoms with Gasteiger partial charge in [0.1, 0.15) is 6.54 Å². The summed E-state index contributed by atoms with van der Waals surface area (Å²) in [5.41, 5.74) is 9.20. The third-order valence-electron chi connectivity index (χ3n) is 3.22. The molecule has 0 radical (unpaired) electrons. The molecule has 0 unspecified atom stereocenters. The molecule has 0 amide bonds. The summed E-state index contributed by atoms with van der Waals surface area (Å²) in [7, 11) is 1.39. The van der Waals surface area contributed by atoms with Crippen LogP contribution in [0.25, 0.3) is 0 Å². The van der Waals surface area contributed by atoms with Crippen molar-refractivity contribution in [1.29, 1.82) is 0 Å². The number of benzene rings is 1. The van der Waals surface area contributed by atoms with E-state index in [0.717, 1.165) is 11.3 Å². The van der Waals surface area contributed by atoms with Gasteiger partial charge in [-0.3, -0.25) is 5.73 Å². The zero-order chi connectivity index (χ0) is 13.4. The Labute approximate surface area is 131 Å². The van der Waals surface area contributed by atoms with Crippen molar-refractivity contribution >= 4 is 28.8 Å². The van der Waals surface area contributed by atoms with Crippen molar-refractivity contribution in [3.8, 4) is 0 Å². The van der Waals surface area contributed by atoms with Crippen molar-refractivity contribution in [2.45, 2.75) is 6.54 Å². The van der Waals surface area contributed by atoms with Gasteiger partial charge in [0.2, 0.25) is 0 Å². The van der Waals surface area contributed by atoms with Crippen LogP contribution in [0.15, 0.2) is 35.7 Å². The molecule has 6 heteroatoms. The van der Waals surface area contributed by atoms with E-state index in [-0.39, 0.29) is 23.0 Å². The minimum absolute atomic E-state index is 0. The predicted molar refractivity (Wildman–Crippen MR) is 74.0 cm³/mol. The van der Waals surface area contributed by atoms with Crippen LogP contribution in [0.4, 0.5) is 5.69 Å². The summed E-state index contributed by atoms with van der Waals surface area (Å²) >= 11 is 1.36. The summed E-state index contributed by atoms with van der Waals surface area (Å²) in [6.07, 6.45) is 0. The smallest absolute Gasteiger partial charge is 0.352 e. The highest BCUT2D eigenvalue weighted by molar-refractivity contribution is 7.12. The Morgan fingerprint density at radius 2 is 2.10 bits per heavy atom. The zero-order valence-electron chi connectivity index (χ0n) is 10.8. The number of carbonyl (C=O) groups excluding carboxylic acids is 1. The molecule has 0 fully saturated rings. The van der Waals surface area contributed by atoms with Crippen molar-refractivity contribution in [2.24, 2.45) is 5.73 Å². The van der Waals surface area contributed by atoms with Crippen molar-refractivity contribution in [3.05, 3.63) is 51.7 Å². The second kappa shape index (κ2) is 5.76. The van der Waals surface area contributed by atoms with Gasteiger partial charge in [-0.05, 0) is 17.5 Å². The molecule has 104 valence electrons. The Bertz CT molecular complexity index is 694. The summed E-state index contributed by atoms with van der Waals surface area (Å²) in [5.74, 6) is 0.355. The van der Waals surface area contributed by atoms with Crippen molar-refractivity contribution in [3.63, 3.8) is 0 Å². The monoisotopic (exact) mass is 352 g/mol. The Morgan fingerprint density at radius 1 is 1.35 bits per heavy atom. The molecule has 0 spiro atoms. The van der Waals surface area contributed by atoms with E-state index in [9.17, 15) is 4.79 Å². The maximum Gasteiger partial charge on any atom is 0.352 e. The summed E-state index contributed by atoms with van der Waals surface area (Å²) in [6.45, 7) is 0.683. The predicted octanol–water partition coefficient (Wildman–Crippen LogP) is -0.898. The lowest BCUT2D eigenvalue weighted by Gasteiger charge is -2.03. The molecule has 1 aromatic carbocycles. The van der Waals surface area contributed by atoms with Gasteiger partial charge in [0.25, 0.3) is 5.84 Å². The number of hydrogen-bond acceptors (Lipinski definition) is 4. The Hall–Kier alpha value is -1.66. The fourth-order valence-electron chi connectivity index (χ4n) is 2.28. The molecular formula is C14H13BrN2O2S. The second-order valence-electron chi connectivity index (χ2n) is 4.26. The summed E-state index contributed by atoms with van der Waals surface area (Å²) in [6, 6.07) is 9.89. The fourth-order valence-corrected chi connectivity index (χ4v) is 3.10. The average molecular weight is 353 g/mol. The highest BCUT2D eigenvalue weighted by Crippen LogP contribution is 2.30. The average Bonchev–Trinajstić information content (AvgIpc) is 3.03. The lowest BCUT2D eigenvalue weighted by atomic mass is 10.1. The first kappa shape index (κ1) is 14.7. The zero-order valence-corrected chi connectivity index (χ0v) is 13.2. The molecule has 1 aliphatic heterocycles. The van der Waals surface area contributed by atoms with E-state index in [0.29, 0.717) is 17.3 Å².